The van der Waals surface area contributed by atoms with Gasteiger partial charge < -0.3 is 4.74 Å². The second-order valence-electron chi connectivity index (χ2n) is 3.02. The molecule has 17 heavy (non-hydrogen) atoms. The molecule has 5 nitrogen and oxygen atoms in total. The number of halogens is 2. The number of hydrogen-bond acceptors (Lipinski definition) is 5. The van der Waals surface area contributed by atoms with E-state index in [-0.39, 0.29) is 0 Å². The van der Waals surface area contributed by atoms with E-state index in [4.69, 9.17) is 27.9 Å². The fourth-order valence-corrected chi connectivity index (χ4v) is 2.26. The predicted octanol–water partition coefficient (Wildman–Crippen LogP) is 2.70. The predicted molar refractivity (Wildman–Crippen MR) is 67.5 cm³/mol. The Bertz CT molecular complexity index is 546. The third-order valence-corrected chi connectivity index (χ3v) is 3.29. The summed E-state index contributed by atoms with van der Waals surface area (Å²) in [5.74, 6) is 0.522. The number of nitrogens with zero attached hydrogens (tertiary/aromatic N) is 4. The summed E-state index contributed by atoms with van der Waals surface area (Å²) in [6.07, 6.45) is 1.88. The first-order valence-corrected chi connectivity index (χ1v) is 6.51. The van der Waals surface area contributed by atoms with Crippen molar-refractivity contribution in [3.05, 3.63) is 22.2 Å². The van der Waals surface area contributed by atoms with Crippen LogP contribution in [0, 0.1) is 0 Å². The number of thioether (sulfide) groups is 1. The third kappa shape index (κ3) is 2.34. The molecule has 0 fully saturated rings. The minimum atomic E-state index is 0.444. The summed E-state index contributed by atoms with van der Waals surface area (Å²) in [7, 11) is 1.54. The van der Waals surface area contributed by atoms with E-state index < -0.39 is 0 Å². The van der Waals surface area contributed by atoms with E-state index in [1.807, 2.05) is 6.26 Å². The molecule has 0 aliphatic rings. The smallest absolute Gasteiger partial charge is 0.213 e. The Hall–Kier alpha value is -0.980. The van der Waals surface area contributed by atoms with Crippen LogP contribution in [-0.2, 0) is 0 Å². The van der Waals surface area contributed by atoms with Gasteiger partial charge in [-0.1, -0.05) is 35.0 Å². The highest BCUT2D eigenvalue weighted by Gasteiger charge is 2.14. The number of methoxy groups -OCH3 is 1. The summed E-state index contributed by atoms with van der Waals surface area (Å²) in [5.41, 5.74) is 0.627. The SMILES string of the molecule is COc1cc(-n2nnnc2SC)c(Cl)cc1Cl. The van der Waals surface area contributed by atoms with Crippen LogP contribution in [0.4, 0.5) is 0 Å². The van der Waals surface area contributed by atoms with Crippen molar-refractivity contribution in [2.24, 2.45) is 0 Å². The first-order valence-electron chi connectivity index (χ1n) is 4.53. The minimum Gasteiger partial charge on any atom is -0.495 e. The van der Waals surface area contributed by atoms with E-state index >= 15 is 0 Å². The number of aromatic nitrogens is 4. The summed E-state index contributed by atoms with van der Waals surface area (Å²) in [4.78, 5) is 0. The molecular formula is C9H8Cl2N4OS. The summed E-state index contributed by atoms with van der Waals surface area (Å²) in [6.45, 7) is 0. The molecule has 0 saturated heterocycles. The van der Waals surface area contributed by atoms with Gasteiger partial charge in [-0.3, -0.25) is 0 Å². The van der Waals surface area contributed by atoms with Crippen LogP contribution in [0.2, 0.25) is 10.0 Å². The lowest BCUT2D eigenvalue weighted by atomic mass is 10.3. The molecule has 90 valence electrons. The van der Waals surface area contributed by atoms with Gasteiger partial charge in [0.25, 0.3) is 0 Å². The number of benzene rings is 1. The van der Waals surface area contributed by atoms with Crippen molar-refractivity contribution in [3.63, 3.8) is 0 Å². The van der Waals surface area contributed by atoms with E-state index in [0.717, 1.165) is 0 Å². The molecule has 1 aromatic carbocycles. The van der Waals surface area contributed by atoms with Gasteiger partial charge in [0.2, 0.25) is 5.16 Å². The average Bonchev–Trinajstić information content (AvgIpc) is 2.77. The molecule has 0 amide bonds. The molecule has 0 bridgehead atoms. The van der Waals surface area contributed by atoms with Crippen LogP contribution in [0.15, 0.2) is 17.3 Å². The van der Waals surface area contributed by atoms with Gasteiger partial charge in [-0.15, -0.1) is 5.10 Å². The molecule has 8 heteroatoms. The minimum absolute atomic E-state index is 0.444. The van der Waals surface area contributed by atoms with E-state index in [2.05, 4.69) is 15.5 Å². The topological polar surface area (TPSA) is 52.8 Å². The first-order chi connectivity index (χ1) is 8.17. The third-order valence-electron chi connectivity index (χ3n) is 2.07. The molecule has 0 saturated carbocycles. The number of ether oxygens (including phenoxy) is 1. The normalized spacial score (nSPS) is 10.6. The zero-order chi connectivity index (χ0) is 12.4. The van der Waals surface area contributed by atoms with Gasteiger partial charge in [-0.2, -0.15) is 4.68 Å². The van der Waals surface area contributed by atoms with Crippen molar-refractivity contribution in [2.45, 2.75) is 5.16 Å². The molecule has 0 N–H and O–H groups in total. The zero-order valence-electron chi connectivity index (χ0n) is 9.02. The van der Waals surface area contributed by atoms with Crippen molar-refractivity contribution >= 4 is 35.0 Å². The summed E-state index contributed by atoms with van der Waals surface area (Å²) in [5, 5.41) is 12.9. The molecular weight excluding hydrogens is 283 g/mol. The van der Waals surface area contributed by atoms with E-state index in [1.165, 1.54) is 23.6 Å². The molecule has 0 aliphatic carbocycles. The lowest BCUT2D eigenvalue weighted by molar-refractivity contribution is 0.414. The fraction of sp³-hybridized carbons (Fsp3) is 0.222. The maximum absolute atomic E-state index is 6.11. The van der Waals surface area contributed by atoms with Crippen molar-refractivity contribution in [3.8, 4) is 11.4 Å². The lowest BCUT2D eigenvalue weighted by Gasteiger charge is -2.09. The second kappa shape index (κ2) is 5.12. The number of tetrazole rings is 1. The van der Waals surface area contributed by atoms with Crippen LogP contribution < -0.4 is 4.74 Å². The molecule has 0 atom stereocenters. The quantitative estimate of drug-likeness (QED) is 0.814. The van der Waals surface area contributed by atoms with Crippen molar-refractivity contribution in [2.75, 3.05) is 13.4 Å². The monoisotopic (exact) mass is 290 g/mol. The molecule has 2 aromatic rings. The summed E-state index contributed by atoms with van der Waals surface area (Å²) < 4.78 is 6.67. The highest BCUT2D eigenvalue weighted by molar-refractivity contribution is 7.98. The van der Waals surface area contributed by atoms with Gasteiger partial charge in [-0.05, 0) is 22.7 Å². The fourth-order valence-electron chi connectivity index (χ4n) is 1.29. The standard InChI is InChI=1S/C9H8Cl2N4OS/c1-16-8-4-7(5(10)3-6(8)11)15-9(17-2)12-13-14-15/h3-4H,1-2H3. The van der Waals surface area contributed by atoms with Crippen LogP contribution >= 0.6 is 35.0 Å². The van der Waals surface area contributed by atoms with Gasteiger partial charge in [0.1, 0.15) is 5.75 Å². The van der Waals surface area contributed by atoms with Crippen LogP contribution in [0.5, 0.6) is 5.75 Å². The molecule has 1 heterocycles. The summed E-state index contributed by atoms with van der Waals surface area (Å²) in [6, 6.07) is 3.30. The number of rotatable bonds is 3. The van der Waals surface area contributed by atoms with E-state index in [0.29, 0.717) is 26.6 Å². The lowest BCUT2D eigenvalue weighted by Crippen LogP contribution is -2.00. The maximum atomic E-state index is 6.11. The Balaban J connectivity index is 2.59. The van der Waals surface area contributed by atoms with Gasteiger partial charge in [0.05, 0.1) is 22.8 Å². The molecule has 0 radical (unpaired) electrons. The van der Waals surface area contributed by atoms with Crippen molar-refractivity contribution in [1.82, 2.24) is 20.2 Å². The van der Waals surface area contributed by atoms with Gasteiger partial charge in [0, 0.05) is 6.07 Å². The Morgan fingerprint density at radius 1 is 1.29 bits per heavy atom. The molecule has 0 spiro atoms. The molecule has 2 rings (SSSR count). The molecule has 0 aliphatic heterocycles. The highest BCUT2D eigenvalue weighted by atomic mass is 35.5. The summed E-state index contributed by atoms with van der Waals surface area (Å²) >= 11 is 13.5. The van der Waals surface area contributed by atoms with Crippen LogP contribution in [-0.4, -0.2) is 33.6 Å². The maximum Gasteiger partial charge on any atom is 0.213 e. The largest absolute Gasteiger partial charge is 0.495 e. The molecule has 1 aromatic heterocycles. The average molecular weight is 291 g/mol. The van der Waals surface area contributed by atoms with Gasteiger partial charge in [-0.25, -0.2) is 0 Å². The van der Waals surface area contributed by atoms with Crippen LogP contribution in [0.3, 0.4) is 0 Å². The zero-order valence-corrected chi connectivity index (χ0v) is 11.3. The van der Waals surface area contributed by atoms with Gasteiger partial charge >= 0.3 is 0 Å². The first kappa shape index (κ1) is 12.5. The Labute approximate surface area is 112 Å². The number of hydrogen-bond donors (Lipinski definition) is 0. The van der Waals surface area contributed by atoms with Crippen LogP contribution in [0.1, 0.15) is 0 Å². The van der Waals surface area contributed by atoms with Gasteiger partial charge in [0.15, 0.2) is 0 Å². The molecule has 0 unspecified atom stereocenters. The van der Waals surface area contributed by atoms with Crippen LogP contribution in [0.25, 0.3) is 5.69 Å². The Kier molecular flexibility index (Phi) is 3.76. The highest BCUT2D eigenvalue weighted by Crippen LogP contribution is 2.33. The van der Waals surface area contributed by atoms with E-state index in [9.17, 15) is 0 Å². The van der Waals surface area contributed by atoms with E-state index in [1.54, 1.807) is 12.1 Å². The second-order valence-corrected chi connectivity index (χ2v) is 4.60. The Morgan fingerprint density at radius 3 is 2.71 bits per heavy atom. The van der Waals surface area contributed by atoms with Crippen molar-refractivity contribution in [1.29, 1.82) is 0 Å². The van der Waals surface area contributed by atoms with Crippen molar-refractivity contribution < 1.29 is 4.74 Å². The Morgan fingerprint density at radius 2 is 2.06 bits per heavy atom.